The van der Waals surface area contributed by atoms with Crippen LogP contribution in [0.15, 0.2) is 22.7 Å². The van der Waals surface area contributed by atoms with Gasteiger partial charge in [-0.2, -0.15) is 0 Å². The Bertz CT molecular complexity index is 982. The highest BCUT2D eigenvalue weighted by atomic mass is 19.1. The van der Waals surface area contributed by atoms with Crippen molar-refractivity contribution in [2.24, 2.45) is 11.8 Å². The van der Waals surface area contributed by atoms with Gasteiger partial charge in [0.25, 0.3) is 0 Å². The topological polar surface area (TPSA) is 70.8 Å². The Kier molecular flexibility index (Phi) is 7.88. The van der Waals surface area contributed by atoms with E-state index in [-0.39, 0.29) is 23.7 Å². The lowest BCUT2D eigenvalue weighted by Gasteiger charge is -2.36. The standard InChI is InChI=1S/C27H39FN4O3/c1-34-23-4-2-3-20(17-23)27(33)29-22-8-5-19(6-9-22)11-12-31-13-15-32(16-14-31)26-24-18-21(28)7-10-25(24)35-30-26/h7,10,18-20,22-23H,2-6,8-9,11-17H2,1H3,(H,29,33). The van der Waals surface area contributed by atoms with Crippen molar-refractivity contribution in [1.29, 1.82) is 0 Å². The molecule has 0 spiro atoms. The minimum absolute atomic E-state index is 0.124. The molecule has 3 fully saturated rings. The van der Waals surface area contributed by atoms with E-state index in [9.17, 15) is 9.18 Å². The minimum Gasteiger partial charge on any atom is -0.381 e. The van der Waals surface area contributed by atoms with Gasteiger partial charge in [-0.1, -0.05) is 11.6 Å². The summed E-state index contributed by atoms with van der Waals surface area (Å²) in [5.74, 6) is 1.61. The number of anilines is 1. The van der Waals surface area contributed by atoms with E-state index in [0.717, 1.165) is 88.4 Å². The zero-order valence-electron chi connectivity index (χ0n) is 20.9. The molecule has 5 rings (SSSR count). The molecule has 2 atom stereocenters. The molecular weight excluding hydrogens is 447 g/mol. The Morgan fingerprint density at radius 1 is 1.14 bits per heavy atom. The predicted octanol–water partition coefficient (Wildman–Crippen LogP) is 4.36. The molecule has 2 heterocycles. The number of carbonyl (C=O) groups excluding carboxylic acids is 1. The number of ether oxygens (including phenoxy) is 1. The number of methoxy groups -OCH3 is 1. The molecule has 1 aromatic heterocycles. The highest BCUT2D eigenvalue weighted by molar-refractivity contribution is 5.88. The molecular formula is C27H39FN4O3. The summed E-state index contributed by atoms with van der Waals surface area (Å²) in [5, 5.41) is 8.30. The molecule has 8 heteroatoms. The van der Waals surface area contributed by atoms with Crippen LogP contribution in [0.4, 0.5) is 10.2 Å². The maximum absolute atomic E-state index is 13.7. The number of halogens is 1. The summed E-state index contributed by atoms with van der Waals surface area (Å²) in [6, 6.07) is 4.90. The lowest BCUT2D eigenvalue weighted by molar-refractivity contribution is -0.128. The van der Waals surface area contributed by atoms with Crippen LogP contribution in [-0.4, -0.2) is 67.9 Å². The van der Waals surface area contributed by atoms with Gasteiger partial charge in [-0.3, -0.25) is 9.69 Å². The van der Waals surface area contributed by atoms with E-state index in [4.69, 9.17) is 9.26 Å². The molecule has 1 amide bonds. The van der Waals surface area contributed by atoms with E-state index in [2.05, 4.69) is 20.3 Å². The van der Waals surface area contributed by atoms with Crippen molar-refractivity contribution in [3.05, 3.63) is 24.0 Å². The third kappa shape index (κ3) is 5.97. The van der Waals surface area contributed by atoms with E-state index < -0.39 is 0 Å². The summed E-state index contributed by atoms with van der Waals surface area (Å²) in [5.41, 5.74) is 0.633. The van der Waals surface area contributed by atoms with E-state index in [0.29, 0.717) is 11.6 Å². The van der Waals surface area contributed by atoms with Crippen LogP contribution in [0.2, 0.25) is 0 Å². The van der Waals surface area contributed by atoms with Crippen LogP contribution in [0, 0.1) is 17.7 Å². The van der Waals surface area contributed by atoms with Gasteiger partial charge >= 0.3 is 0 Å². The number of benzene rings is 1. The number of nitrogens with zero attached hydrogens (tertiary/aromatic N) is 3. The first kappa shape index (κ1) is 24.5. The number of nitrogens with one attached hydrogen (secondary N) is 1. The Hall–Kier alpha value is -2.19. The number of fused-ring (bicyclic) bond motifs is 1. The Balaban J connectivity index is 1.01. The number of amides is 1. The van der Waals surface area contributed by atoms with E-state index in [1.807, 2.05) is 0 Å². The minimum atomic E-state index is -0.261. The van der Waals surface area contributed by atoms with E-state index in [1.165, 1.54) is 31.4 Å². The maximum Gasteiger partial charge on any atom is 0.223 e. The quantitative estimate of drug-likeness (QED) is 0.627. The van der Waals surface area contributed by atoms with Crippen LogP contribution in [0.25, 0.3) is 11.0 Å². The molecule has 2 aromatic rings. The van der Waals surface area contributed by atoms with Gasteiger partial charge in [0.2, 0.25) is 5.91 Å². The Morgan fingerprint density at radius 3 is 2.71 bits per heavy atom. The van der Waals surface area contributed by atoms with Gasteiger partial charge in [0.1, 0.15) is 5.82 Å². The SMILES string of the molecule is COC1CCCC(C(=O)NC2CCC(CCN3CCN(c4noc5ccc(F)cc45)CC3)CC2)C1. The molecule has 1 N–H and O–H groups in total. The van der Waals surface area contributed by atoms with Gasteiger partial charge in [0.05, 0.1) is 11.5 Å². The number of piperazine rings is 1. The second kappa shape index (κ2) is 11.2. The van der Waals surface area contributed by atoms with Gasteiger partial charge in [-0.15, -0.1) is 0 Å². The second-order valence-electron chi connectivity index (χ2n) is 10.7. The Labute approximate surface area is 207 Å². The van der Waals surface area contributed by atoms with Crippen LogP contribution in [0.5, 0.6) is 0 Å². The predicted molar refractivity (Wildman–Crippen MR) is 134 cm³/mol. The molecule has 1 aliphatic heterocycles. The van der Waals surface area contributed by atoms with Gasteiger partial charge in [0.15, 0.2) is 11.4 Å². The first-order valence-corrected chi connectivity index (χ1v) is 13.4. The summed E-state index contributed by atoms with van der Waals surface area (Å²) in [7, 11) is 1.76. The fourth-order valence-corrected chi connectivity index (χ4v) is 6.19. The van der Waals surface area contributed by atoms with Gasteiger partial charge in [0, 0.05) is 45.2 Å². The molecule has 1 aromatic carbocycles. The zero-order chi connectivity index (χ0) is 24.2. The van der Waals surface area contributed by atoms with Crippen LogP contribution < -0.4 is 10.2 Å². The summed E-state index contributed by atoms with van der Waals surface area (Å²) >= 11 is 0. The average molecular weight is 487 g/mol. The smallest absolute Gasteiger partial charge is 0.223 e. The third-order valence-electron chi connectivity index (χ3n) is 8.46. The van der Waals surface area contributed by atoms with Crippen LogP contribution in [0.1, 0.15) is 57.8 Å². The lowest BCUT2D eigenvalue weighted by atomic mass is 9.82. The highest BCUT2D eigenvalue weighted by Crippen LogP contribution is 2.31. The van der Waals surface area contributed by atoms with Crippen molar-refractivity contribution in [2.45, 2.75) is 69.9 Å². The number of hydrogen-bond donors (Lipinski definition) is 1. The number of carbonyl (C=O) groups is 1. The molecule has 35 heavy (non-hydrogen) atoms. The average Bonchev–Trinajstić information content (AvgIpc) is 3.31. The van der Waals surface area contributed by atoms with Gasteiger partial charge < -0.3 is 19.5 Å². The van der Waals surface area contributed by atoms with Crippen molar-refractivity contribution in [3.8, 4) is 0 Å². The second-order valence-corrected chi connectivity index (χ2v) is 10.7. The molecule has 0 radical (unpaired) electrons. The third-order valence-corrected chi connectivity index (χ3v) is 8.46. The first-order valence-electron chi connectivity index (χ1n) is 13.4. The normalized spacial score (nSPS) is 28.3. The maximum atomic E-state index is 13.7. The van der Waals surface area contributed by atoms with Crippen molar-refractivity contribution in [1.82, 2.24) is 15.4 Å². The summed E-state index contributed by atoms with van der Waals surface area (Å²) in [6.45, 7) is 4.84. The van der Waals surface area contributed by atoms with E-state index >= 15 is 0 Å². The van der Waals surface area contributed by atoms with E-state index in [1.54, 1.807) is 13.2 Å². The number of rotatable bonds is 7. The van der Waals surface area contributed by atoms with Crippen LogP contribution in [0.3, 0.4) is 0 Å². The molecule has 192 valence electrons. The fraction of sp³-hybridized carbons (Fsp3) is 0.704. The fourth-order valence-electron chi connectivity index (χ4n) is 6.19. The molecule has 2 saturated carbocycles. The van der Waals surface area contributed by atoms with Gasteiger partial charge in [-0.05, 0) is 82.0 Å². The summed E-state index contributed by atoms with van der Waals surface area (Å²) < 4.78 is 24.6. The number of hydrogen-bond acceptors (Lipinski definition) is 6. The largest absolute Gasteiger partial charge is 0.381 e. The number of aromatic nitrogens is 1. The molecule has 3 aliphatic rings. The first-order chi connectivity index (χ1) is 17.1. The summed E-state index contributed by atoms with van der Waals surface area (Å²) in [6.07, 6.45) is 10.1. The van der Waals surface area contributed by atoms with Crippen LogP contribution >= 0.6 is 0 Å². The van der Waals surface area contributed by atoms with Gasteiger partial charge in [-0.25, -0.2) is 4.39 Å². The molecule has 0 bridgehead atoms. The molecule has 1 saturated heterocycles. The molecule has 2 unspecified atom stereocenters. The van der Waals surface area contributed by atoms with Crippen molar-refractivity contribution >= 4 is 22.7 Å². The van der Waals surface area contributed by atoms with Crippen molar-refractivity contribution in [2.75, 3.05) is 44.7 Å². The van der Waals surface area contributed by atoms with Crippen molar-refractivity contribution < 1.29 is 18.4 Å². The highest BCUT2D eigenvalue weighted by Gasteiger charge is 2.30. The summed E-state index contributed by atoms with van der Waals surface area (Å²) in [4.78, 5) is 17.5. The monoisotopic (exact) mass is 486 g/mol. The molecule has 2 aliphatic carbocycles. The lowest BCUT2D eigenvalue weighted by Crippen LogP contribution is -2.47. The molecule has 7 nitrogen and oxygen atoms in total. The van der Waals surface area contributed by atoms with Crippen molar-refractivity contribution in [3.63, 3.8) is 0 Å². The Morgan fingerprint density at radius 2 is 1.94 bits per heavy atom. The zero-order valence-corrected chi connectivity index (χ0v) is 20.9. The van der Waals surface area contributed by atoms with Crippen LogP contribution in [-0.2, 0) is 9.53 Å².